The minimum Gasteiger partial charge on any atom is -0.389 e. The summed E-state index contributed by atoms with van der Waals surface area (Å²) in [5, 5.41) is 24.2. The average molecular weight is 293 g/mol. The van der Waals surface area contributed by atoms with Crippen molar-refractivity contribution in [3.05, 3.63) is 33.9 Å². The smallest absolute Gasteiger partial charge is 0.292 e. The van der Waals surface area contributed by atoms with Gasteiger partial charge in [-0.2, -0.15) is 0 Å². The number of rotatable bonds is 6. The first-order chi connectivity index (χ1) is 9.91. The number of benzene rings is 1. The Morgan fingerprint density at radius 1 is 1.52 bits per heavy atom. The van der Waals surface area contributed by atoms with E-state index in [-0.39, 0.29) is 10.6 Å². The van der Waals surface area contributed by atoms with Crippen molar-refractivity contribution >= 4 is 11.4 Å². The molecule has 1 aliphatic rings. The summed E-state index contributed by atoms with van der Waals surface area (Å²) in [5.74, 6) is 0. The summed E-state index contributed by atoms with van der Waals surface area (Å²) in [6.07, 6.45) is 1.68. The molecule has 1 aromatic rings. The van der Waals surface area contributed by atoms with E-state index < -0.39 is 5.60 Å². The summed E-state index contributed by atoms with van der Waals surface area (Å²) in [4.78, 5) is 12.9. The van der Waals surface area contributed by atoms with Gasteiger partial charge in [0.05, 0.1) is 10.5 Å². The van der Waals surface area contributed by atoms with Gasteiger partial charge in [-0.3, -0.25) is 15.0 Å². The first-order valence-electron chi connectivity index (χ1n) is 7.37. The maximum Gasteiger partial charge on any atom is 0.292 e. The van der Waals surface area contributed by atoms with Crippen LogP contribution in [0.1, 0.15) is 32.3 Å². The molecule has 116 valence electrons. The molecule has 2 rings (SSSR count). The first-order valence-corrected chi connectivity index (χ1v) is 7.37. The molecule has 0 saturated carbocycles. The highest BCUT2D eigenvalue weighted by atomic mass is 16.6. The second-order valence-electron chi connectivity index (χ2n) is 5.99. The van der Waals surface area contributed by atoms with Crippen molar-refractivity contribution in [2.75, 3.05) is 25.0 Å². The van der Waals surface area contributed by atoms with Gasteiger partial charge in [0.1, 0.15) is 5.69 Å². The zero-order chi connectivity index (χ0) is 15.5. The van der Waals surface area contributed by atoms with Gasteiger partial charge in [0, 0.05) is 32.2 Å². The number of nitrogens with one attached hydrogen (secondary N) is 1. The fraction of sp³-hybridized carbons (Fsp3) is 0.600. The molecule has 0 spiro atoms. The van der Waals surface area contributed by atoms with Gasteiger partial charge < -0.3 is 10.4 Å². The second kappa shape index (κ2) is 6.41. The molecule has 6 heteroatoms. The number of aliphatic hydroxyl groups is 1. The molecule has 1 atom stereocenters. The van der Waals surface area contributed by atoms with E-state index in [1.165, 1.54) is 0 Å². The number of nitro benzene ring substituents is 1. The molecule has 0 bridgehead atoms. The molecule has 1 fully saturated rings. The van der Waals surface area contributed by atoms with Gasteiger partial charge >= 0.3 is 0 Å². The Kier molecular flexibility index (Phi) is 4.80. The number of likely N-dealkylation sites (tertiary alicyclic amines) is 1. The Hall–Kier alpha value is -1.66. The zero-order valence-electron chi connectivity index (χ0n) is 12.6. The first kappa shape index (κ1) is 15.7. The van der Waals surface area contributed by atoms with Crippen LogP contribution < -0.4 is 5.32 Å². The SMILES string of the molecule is CCCNc1cc(CN2CCC(C)(O)C2)ccc1[N+](=O)[O-]. The fourth-order valence-electron chi connectivity index (χ4n) is 2.67. The molecule has 1 aliphatic heterocycles. The molecule has 21 heavy (non-hydrogen) atoms. The molecule has 0 aliphatic carbocycles. The van der Waals surface area contributed by atoms with Crippen molar-refractivity contribution in [3.8, 4) is 0 Å². The highest BCUT2D eigenvalue weighted by Gasteiger charge is 2.31. The van der Waals surface area contributed by atoms with Gasteiger partial charge in [0.25, 0.3) is 5.69 Å². The Morgan fingerprint density at radius 3 is 2.86 bits per heavy atom. The van der Waals surface area contributed by atoms with Crippen LogP contribution in [0.2, 0.25) is 0 Å². The van der Waals surface area contributed by atoms with Crippen molar-refractivity contribution in [3.63, 3.8) is 0 Å². The summed E-state index contributed by atoms with van der Waals surface area (Å²) in [5.41, 5.74) is 1.09. The molecule has 1 saturated heterocycles. The number of nitrogens with zero attached hydrogens (tertiary/aromatic N) is 2. The van der Waals surface area contributed by atoms with E-state index in [0.717, 1.165) is 24.9 Å². The van der Waals surface area contributed by atoms with Gasteiger partial charge in [-0.25, -0.2) is 0 Å². The van der Waals surface area contributed by atoms with Gasteiger partial charge in [-0.05, 0) is 31.4 Å². The topological polar surface area (TPSA) is 78.6 Å². The van der Waals surface area contributed by atoms with Gasteiger partial charge in [0.2, 0.25) is 0 Å². The molecule has 1 unspecified atom stereocenters. The lowest BCUT2D eigenvalue weighted by atomic mass is 10.1. The lowest BCUT2D eigenvalue weighted by molar-refractivity contribution is -0.384. The minimum atomic E-state index is -0.621. The summed E-state index contributed by atoms with van der Waals surface area (Å²) in [6.45, 7) is 6.77. The van der Waals surface area contributed by atoms with Crippen LogP contribution in [0.15, 0.2) is 18.2 Å². The molecule has 0 radical (unpaired) electrons. The average Bonchev–Trinajstić information content (AvgIpc) is 2.75. The van der Waals surface area contributed by atoms with Crippen LogP contribution in [0, 0.1) is 10.1 Å². The summed E-state index contributed by atoms with van der Waals surface area (Å²) in [6, 6.07) is 5.20. The third-order valence-electron chi connectivity index (χ3n) is 3.76. The Bertz CT molecular complexity index is 517. The van der Waals surface area contributed by atoms with E-state index in [4.69, 9.17) is 0 Å². The molecular formula is C15H23N3O3. The van der Waals surface area contributed by atoms with Crippen LogP contribution in [0.5, 0.6) is 0 Å². The quantitative estimate of drug-likeness (QED) is 0.622. The number of anilines is 1. The van der Waals surface area contributed by atoms with Crippen LogP contribution in [0.25, 0.3) is 0 Å². The van der Waals surface area contributed by atoms with Crippen molar-refractivity contribution in [2.45, 2.75) is 38.8 Å². The van der Waals surface area contributed by atoms with E-state index in [1.54, 1.807) is 12.1 Å². The molecular weight excluding hydrogens is 270 g/mol. The molecule has 1 aromatic carbocycles. The maximum atomic E-state index is 11.0. The van der Waals surface area contributed by atoms with Gasteiger partial charge in [0.15, 0.2) is 0 Å². The standard InChI is InChI=1S/C15H23N3O3/c1-3-7-16-13-9-12(4-5-14(13)18(20)21)10-17-8-6-15(2,19)11-17/h4-5,9,16,19H,3,6-8,10-11H2,1-2H3. The monoisotopic (exact) mass is 293 g/mol. The number of β-amino-alcohol motifs (C(OH)–C–C–N with tert-alkyl or cyclic N) is 1. The largest absolute Gasteiger partial charge is 0.389 e. The Morgan fingerprint density at radius 2 is 2.29 bits per heavy atom. The summed E-state index contributed by atoms with van der Waals surface area (Å²) in [7, 11) is 0. The van der Waals surface area contributed by atoms with Crippen LogP contribution in [0.4, 0.5) is 11.4 Å². The minimum absolute atomic E-state index is 0.112. The summed E-state index contributed by atoms with van der Waals surface area (Å²) < 4.78 is 0. The van der Waals surface area contributed by atoms with E-state index in [2.05, 4.69) is 10.2 Å². The number of hydrogen-bond acceptors (Lipinski definition) is 5. The van der Waals surface area contributed by atoms with Crippen molar-refractivity contribution in [1.82, 2.24) is 4.90 Å². The Balaban J connectivity index is 2.11. The van der Waals surface area contributed by atoms with Crippen LogP contribution >= 0.6 is 0 Å². The van der Waals surface area contributed by atoms with Crippen LogP contribution in [-0.4, -0.2) is 40.2 Å². The van der Waals surface area contributed by atoms with Crippen molar-refractivity contribution in [1.29, 1.82) is 0 Å². The summed E-state index contributed by atoms with van der Waals surface area (Å²) >= 11 is 0. The Labute approximate surface area is 124 Å². The fourth-order valence-corrected chi connectivity index (χ4v) is 2.67. The maximum absolute atomic E-state index is 11.0. The van der Waals surface area contributed by atoms with Crippen molar-refractivity contribution in [2.24, 2.45) is 0 Å². The highest BCUT2D eigenvalue weighted by Crippen LogP contribution is 2.28. The lowest BCUT2D eigenvalue weighted by Crippen LogP contribution is -2.29. The van der Waals surface area contributed by atoms with Gasteiger partial charge in [-0.1, -0.05) is 13.0 Å². The molecule has 6 nitrogen and oxygen atoms in total. The molecule has 2 N–H and O–H groups in total. The zero-order valence-corrected chi connectivity index (χ0v) is 12.6. The molecule has 0 amide bonds. The van der Waals surface area contributed by atoms with E-state index >= 15 is 0 Å². The van der Waals surface area contributed by atoms with E-state index in [9.17, 15) is 15.2 Å². The van der Waals surface area contributed by atoms with Crippen molar-refractivity contribution < 1.29 is 10.0 Å². The predicted molar refractivity (Wildman–Crippen MR) is 82.4 cm³/mol. The second-order valence-corrected chi connectivity index (χ2v) is 5.99. The van der Waals surface area contributed by atoms with E-state index in [1.807, 2.05) is 19.9 Å². The van der Waals surface area contributed by atoms with E-state index in [0.29, 0.717) is 25.3 Å². The third kappa shape index (κ3) is 4.15. The van der Waals surface area contributed by atoms with Gasteiger partial charge in [-0.15, -0.1) is 0 Å². The third-order valence-corrected chi connectivity index (χ3v) is 3.76. The van der Waals surface area contributed by atoms with Crippen LogP contribution in [-0.2, 0) is 6.54 Å². The number of nitro groups is 1. The lowest BCUT2D eigenvalue weighted by Gasteiger charge is -2.19. The molecule has 1 heterocycles. The normalized spacial score (nSPS) is 22.4. The predicted octanol–water partition coefficient (Wildman–Crippen LogP) is 2.37. The van der Waals surface area contributed by atoms with Crippen LogP contribution in [0.3, 0.4) is 0 Å². The number of hydrogen-bond donors (Lipinski definition) is 2. The molecule has 0 aromatic heterocycles. The highest BCUT2D eigenvalue weighted by molar-refractivity contribution is 5.62.